The van der Waals surface area contributed by atoms with E-state index in [0.29, 0.717) is 0 Å². The van der Waals surface area contributed by atoms with Crippen LogP contribution >= 0.6 is 11.8 Å². The second kappa shape index (κ2) is 6.29. The van der Waals surface area contributed by atoms with E-state index in [1.165, 1.54) is 32.0 Å². The molecule has 0 amide bonds. The van der Waals surface area contributed by atoms with Crippen molar-refractivity contribution < 1.29 is 17.4 Å². The molecular formula is C17H16ClNS. The molecule has 0 saturated heterocycles. The Morgan fingerprint density at radius 1 is 0.850 bits per heavy atom. The molecule has 1 heterocycles. The van der Waals surface area contributed by atoms with Crippen molar-refractivity contribution in [3.05, 3.63) is 65.9 Å². The van der Waals surface area contributed by atoms with Crippen LogP contribution in [0.5, 0.6) is 0 Å². The summed E-state index contributed by atoms with van der Waals surface area (Å²) >= 11 is 1.82. The zero-order valence-corrected chi connectivity index (χ0v) is 13.1. The Kier molecular flexibility index (Phi) is 4.69. The van der Waals surface area contributed by atoms with Gasteiger partial charge < -0.3 is 12.4 Å². The van der Waals surface area contributed by atoms with Crippen LogP contribution < -0.4 is 17.4 Å². The molecule has 0 fully saturated rings. The van der Waals surface area contributed by atoms with Crippen LogP contribution in [0.4, 0.5) is 0 Å². The van der Waals surface area contributed by atoms with Gasteiger partial charge in [-0.3, -0.25) is 0 Å². The van der Waals surface area contributed by atoms with Crippen LogP contribution in [0.3, 0.4) is 0 Å². The van der Waals surface area contributed by atoms with Crippen molar-refractivity contribution in [3.63, 3.8) is 0 Å². The van der Waals surface area contributed by atoms with Crippen LogP contribution in [0.2, 0.25) is 0 Å². The van der Waals surface area contributed by atoms with Gasteiger partial charge in [0, 0.05) is 17.9 Å². The minimum Gasteiger partial charge on any atom is -1.00 e. The second-order valence-corrected chi connectivity index (χ2v) is 5.75. The summed E-state index contributed by atoms with van der Waals surface area (Å²) in [6, 6.07) is 19.0. The first kappa shape index (κ1) is 14.9. The predicted octanol–water partition coefficient (Wildman–Crippen LogP) is 1.43. The molecule has 0 radical (unpaired) electrons. The van der Waals surface area contributed by atoms with E-state index in [4.69, 9.17) is 0 Å². The van der Waals surface area contributed by atoms with Crippen molar-refractivity contribution in [1.82, 2.24) is 0 Å². The molecule has 0 saturated carbocycles. The number of halogens is 1. The van der Waals surface area contributed by atoms with E-state index in [1.54, 1.807) is 0 Å². The highest BCUT2D eigenvalue weighted by Gasteiger charge is 2.15. The number of aromatic amines is 1. The Hall–Kier alpha value is -1.51. The second-order valence-electron chi connectivity index (χ2n) is 4.66. The minimum atomic E-state index is 0. The number of fused-ring (bicyclic) bond motifs is 1. The van der Waals surface area contributed by atoms with Crippen molar-refractivity contribution in [1.29, 1.82) is 0 Å². The highest BCUT2D eigenvalue weighted by atomic mass is 35.5. The van der Waals surface area contributed by atoms with Gasteiger partial charge in [-0.1, -0.05) is 42.1 Å². The van der Waals surface area contributed by atoms with Crippen molar-refractivity contribution in [3.8, 4) is 0 Å². The number of aryl methyl sites for hydroxylation is 2. The molecule has 102 valence electrons. The van der Waals surface area contributed by atoms with Gasteiger partial charge in [-0.15, -0.1) is 0 Å². The maximum Gasteiger partial charge on any atom is 0.211 e. The molecule has 1 N–H and O–H groups in total. The Labute approximate surface area is 129 Å². The van der Waals surface area contributed by atoms with Crippen LogP contribution in [-0.4, -0.2) is 0 Å². The van der Waals surface area contributed by atoms with Gasteiger partial charge in [0.05, 0.1) is 10.3 Å². The zero-order valence-electron chi connectivity index (χ0n) is 11.5. The van der Waals surface area contributed by atoms with E-state index in [-0.39, 0.29) is 12.4 Å². The lowest BCUT2D eigenvalue weighted by Gasteiger charge is -2.07. The summed E-state index contributed by atoms with van der Waals surface area (Å²) in [5, 5.41) is 1.30. The number of aromatic nitrogens is 1. The van der Waals surface area contributed by atoms with E-state index in [2.05, 4.69) is 73.4 Å². The van der Waals surface area contributed by atoms with Crippen LogP contribution in [0.25, 0.3) is 10.9 Å². The molecule has 3 aromatic rings. The summed E-state index contributed by atoms with van der Waals surface area (Å²) in [6.45, 7) is 4.35. The molecule has 0 unspecified atom stereocenters. The quantitative estimate of drug-likeness (QED) is 0.698. The van der Waals surface area contributed by atoms with Crippen molar-refractivity contribution in [2.45, 2.75) is 23.6 Å². The van der Waals surface area contributed by atoms with Gasteiger partial charge >= 0.3 is 0 Å². The van der Waals surface area contributed by atoms with E-state index in [0.717, 1.165) is 0 Å². The molecule has 20 heavy (non-hydrogen) atoms. The van der Waals surface area contributed by atoms with Crippen LogP contribution in [0.15, 0.2) is 64.4 Å². The lowest BCUT2D eigenvalue weighted by molar-refractivity contribution is -0.358. The topological polar surface area (TPSA) is 14.1 Å². The third-order valence-corrected chi connectivity index (χ3v) is 4.62. The fourth-order valence-electron chi connectivity index (χ4n) is 2.34. The minimum absolute atomic E-state index is 0. The van der Waals surface area contributed by atoms with Crippen LogP contribution in [-0.2, 0) is 0 Å². The van der Waals surface area contributed by atoms with Crippen molar-refractivity contribution >= 4 is 22.7 Å². The average molecular weight is 302 g/mol. The molecule has 0 atom stereocenters. The predicted molar refractivity (Wildman–Crippen MR) is 80.5 cm³/mol. The third kappa shape index (κ3) is 2.82. The first-order chi connectivity index (χ1) is 9.25. The number of hydrogen-bond donors (Lipinski definition) is 0. The van der Waals surface area contributed by atoms with E-state index in [9.17, 15) is 0 Å². The molecule has 3 heteroatoms. The Balaban J connectivity index is 0.00000147. The molecule has 1 nitrogen and oxygen atoms in total. The maximum absolute atomic E-state index is 3.50. The number of rotatable bonds is 2. The number of H-pyrrole nitrogens is 1. The first-order valence-electron chi connectivity index (χ1n) is 6.40. The molecule has 0 aliphatic heterocycles. The summed E-state index contributed by atoms with van der Waals surface area (Å²) in [5.74, 6) is 0. The molecule has 1 aromatic heterocycles. The summed E-state index contributed by atoms with van der Waals surface area (Å²) in [7, 11) is 0. The number of benzene rings is 2. The van der Waals surface area contributed by atoms with Gasteiger partial charge in [-0.25, -0.2) is 4.98 Å². The summed E-state index contributed by atoms with van der Waals surface area (Å²) in [4.78, 5) is 6.10. The number of nitrogens with one attached hydrogen (secondary N) is 1. The summed E-state index contributed by atoms with van der Waals surface area (Å²) in [5.41, 5.74) is 3.78. The van der Waals surface area contributed by atoms with Crippen LogP contribution in [0.1, 0.15) is 11.3 Å². The lowest BCUT2D eigenvalue weighted by atomic mass is 10.1. The molecule has 0 aliphatic rings. The summed E-state index contributed by atoms with van der Waals surface area (Å²) in [6.07, 6.45) is 0. The van der Waals surface area contributed by atoms with Gasteiger partial charge in [-0.2, -0.15) is 0 Å². The number of hydrogen-bond acceptors (Lipinski definition) is 1. The van der Waals surface area contributed by atoms with Gasteiger partial charge in [-0.05, 0) is 30.7 Å². The highest BCUT2D eigenvalue weighted by Crippen LogP contribution is 2.33. The smallest absolute Gasteiger partial charge is 0.211 e. The van der Waals surface area contributed by atoms with E-state index < -0.39 is 0 Å². The lowest BCUT2D eigenvalue weighted by Crippen LogP contribution is -3.00. The molecule has 0 aliphatic carbocycles. The third-order valence-electron chi connectivity index (χ3n) is 3.30. The Morgan fingerprint density at radius 2 is 1.50 bits per heavy atom. The molecular weight excluding hydrogens is 286 g/mol. The Bertz CT molecular complexity index is 726. The van der Waals surface area contributed by atoms with Gasteiger partial charge in [0.15, 0.2) is 5.69 Å². The van der Waals surface area contributed by atoms with E-state index in [1.807, 2.05) is 11.8 Å². The fraction of sp³-hybridized carbons (Fsp3) is 0.118. The van der Waals surface area contributed by atoms with Crippen molar-refractivity contribution in [2.75, 3.05) is 0 Å². The fourth-order valence-corrected chi connectivity index (χ4v) is 3.34. The average Bonchev–Trinajstić information content (AvgIpc) is 2.45. The van der Waals surface area contributed by atoms with Crippen LogP contribution in [0, 0.1) is 13.8 Å². The molecule has 0 spiro atoms. The summed E-state index contributed by atoms with van der Waals surface area (Å²) < 4.78 is 0. The highest BCUT2D eigenvalue weighted by molar-refractivity contribution is 7.99. The normalized spacial score (nSPS) is 10.3. The Morgan fingerprint density at radius 3 is 2.25 bits per heavy atom. The number of pyridine rings is 1. The first-order valence-corrected chi connectivity index (χ1v) is 7.21. The van der Waals surface area contributed by atoms with Gasteiger partial charge in [0.25, 0.3) is 0 Å². The maximum atomic E-state index is 3.50. The monoisotopic (exact) mass is 301 g/mol. The van der Waals surface area contributed by atoms with Gasteiger partial charge in [0.2, 0.25) is 5.52 Å². The molecule has 2 aromatic carbocycles. The SMILES string of the molecule is Cc1[nH+]c2ccccc2c(C)c1Sc1ccccc1.[Cl-]. The number of para-hydroxylation sites is 1. The molecule has 0 bridgehead atoms. The largest absolute Gasteiger partial charge is 1.00 e. The molecule has 3 rings (SSSR count). The van der Waals surface area contributed by atoms with Gasteiger partial charge in [0.1, 0.15) is 0 Å². The van der Waals surface area contributed by atoms with E-state index >= 15 is 0 Å². The zero-order chi connectivity index (χ0) is 13.2. The van der Waals surface area contributed by atoms with Crippen molar-refractivity contribution in [2.24, 2.45) is 0 Å². The standard InChI is InChI=1S/C17H15NS.ClH/c1-12-15-10-6-7-11-16(15)18-13(2)17(12)19-14-8-4-3-5-9-14;/h3-11H,1-2H3;1H.